The van der Waals surface area contributed by atoms with Crippen molar-refractivity contribution >= 4 is 22.9 Å². The van der Waals surface area contributed by atoms with E-state index in [2.05, 4.69) is 15.0 Å². The molecule has 3 heterocycles. The molecule has 0 spiro atoms. The SMILES string of the molecule is CN(C)C(=O)CC[C@@H]1OC[C@H](n2cnc3c(N)ncnc32)[C@H]1O. The number of nitrogens with two attached hydrogens (primary N) is 1. The maximum atomic E-state index is 11.7. The summed E-state index contributed by atoms with van der Waals surface area (Å²) in [5.41, 5.74) is 6.85. The highest BCUT2D eigenvalue weighted by Crippen LogP contribution is 2.30. The molecule has 0 unspecified atom stereocenters. The number of rotatable bonds is 4. The topological polar surface area (TPSA) is 119 Å². The normalized spacial score (nSPS) is 24.2. The summed E-state index contributed by atoms with van der Waals surface area (Å²) in [6.45, 7) is 0.331. The first kappa shape index (κ1) is 15.6. The van der Waals surface area contributed by atoms with Gasteiger partial charge in [-0.15, -0.1) is 0 Å². The lowest BCUT2D eigenvalue weighted by Gasteiger charge is -2.19. The minimum absolute atomic E-state index is 0.0119. The molecule has 0 radical (unpaired) electrons. The van der Waals surface area contributed by atoms with Crippen LogP contribution in [0.4, 0.5) is 5.82 Å². The molecule has 3 rings (SSSR count). The number of anilines is 1. The molecule has 0 bridgehead atoms. The van der Waals surface area contributed by atoms with E-state index in [1.807, 2.05) is 0 Å². The van der Waals surface area contributed by atoms with Crippen molar-refractivity contribution in [2.24, 2.45) is 0 Å². The predicted molar refractivity (Wildman–Crippen MR) is 82.4 cm³/mol. The third-order valence-corrected chi connectivity index (χ3v) is 4.14. The van der Waals surface area contributed by atoms with E-state index in [0.717, 1.165) is 0 Å². The Morgan fingerprint density at radius 3 is 3.00 bits per heavy atom. The van der Waals surface area contributed by atoms with Crippen molar-refractivity contribution in [3.63, 3.8) is 0 Å². The summed E-state index contributed by atoms with van der Waals surface area (Å²) in [6.07, 6.45) is 2.63. The van der Waals surface area contributed by atoms with Gasteiger partial charge < -0.3 is 25.0 Å². The standard InChI is InChI=1S/C14H20N6O3/c1-19(2)10(21)4-3-9-12(22)8(5-23-9)20-7-18-11-13(15)16-6-17-14(11)20/h6-9,12,22H,3-5H2,1-2H3,(H2,15,16,17)/t8-,9-,12+/m0/s1. The molecule has 9 heteroatoms. The van der Waals surface area contributed by atoms with Gasteiger partial charge in [0.15, 0.2) is 11.5 Å². The second-order valence-electron chi connectivity index (χ2n) is 5.84. The first-order chi connectivity index (χ1) is 11.0. The summed E-state index contributed by atoms with van der Waals surface area (Å²) >= 11 is 0. The fourth-order valence-corrected chi connectivity index (χ4v) is 2.77. The van der Waals surface area contributed by atoms with Crippen LogP contribution in [-0.4, -0.2) is 68.3 Å². The Morgan fingerprint density at radius 2 is 2.26 bits per heavy atom. The second-order valence-corrected chi connectivity index (χ2v) is 5.84. The number of aliphatic hydroxyl groups is 1. The fraction of sp³-hybridized carbons (Fsp3) is 0.571. The molecule has 2 aromatic heterocycles. The zero-order chi connectivity index (χ0) is 16.6. The summed E-state index contributed by atoms with van der Waals surface area (Å²) in [5.74, 6) is 0.313. The number of hydrogen-bond acceptors (Lipinski definition) is 7. The Morgan fingerprint density at radius 1 is 1.48 bits per heavy atom. The number of aromatic nitrogens is 4. The number of aliphatic hydroxyl groups excluding tert-OH is 1. The molecule has 0 aliphatic carbocycles. The van der Waals surface area contributed by atoms with Gasteiger partial charge in [-0.25, -0.2) is 15.0 Å². The van der Waals surface area contributed by atoms with Gasteiger partial charge in [-0.1, -0.05) is 0 Å². The maximum Gasteiger partial charge on any atom is 0.222 e. The number of ether oxygens (including phenoxy) is 1. The number of nitrogen functional groups attached to an aromatic ring is 1. The van der Waals surface area contributed by atoms with E-state index < -0.39 is 6.10 Å². The van der Waals surface area contributed by atoms with Crippen molar-refractivity contribution in [2.45, 2.75) is 31.1 Å². The first-order valence-corrected chi connectivity index (χ1v) is 7.42. The van der Waals surface area contributed by atoms with Gasteiger partial charge in [0.1, 0.15) is 17.9 Å². The molecule has 9 nitrogen and oxygen atoms in total. The Labute approximate surface area is 133 Å². The number of amides is 1. The van der Waals surface area contributed by atoms with E-state index in [4.69, 9.17) is 10.5 Å². The van der Waals surface area contributed by atoms with Crippen LogP contribution in [0, 0.1) is 0 Å². The third kappa shape index (κ3) is 2.84. The van der Waals surface area contributed by atoms with E-state index in [9.17, 15) is 9.90 Å². The number of carbonyl (C=O) groups excluding carboxylic acids is 1. The molecule has 3 atom stereocenters. The molecular weight excluding hydrogens is 300 g/mol. The van der Waals surface area contributed by atoms with Crippen molar-refractivity contribution in [3.05, 3.63) is 12.7 Å². The third-order valence-electron chi connectivity index (χ3n) is 4.14. The summed E-state index contributed by atoms with van der Waals surface area (Å²) in [6, 6.07) is -0.311. The summed E-state index contributed by atoms with van der Waals surface area (Å²) in [5, 5.41) is 10.5. The molecule has 1 aliphatic heterocycles. The Balaban J connectivity index is 1.74. The molecule has 0 aromatic carbocycles. The molecule has 1 fully saturated rings. The van der Waals surface area contributed by atoms with Crippen LogP contribution in [0.5, 0.6) is 0 Å². The van der Waals surface area contributed by atoms with Crippen LogP contribution >= 0.6 is 0 Å². The second kappa shape index (κ2) is 6.09. The quantitative estimate of drug-likeness (QED) is 0.785. The lowest BCUT2D eigenvalue weighted by atomic mass is 10.0. The number of nitrogens with zero attached hydrogens (tertiary/aromatic N) is 5. The van der Waals surface area contributed by atoms with Crippen molar-refractivity contribution in [1.29, 1.82) is 0 Å². The average molecular weight is 320 g/mol. The molecule has 3 N–H and O–H groups in total. The lowest BCUT2D eigenvalue weighted by molar-refractivity contribution is -0.129. The van der Waals surface area contributed by atoms with E-state index in [-0.39, 0.29) is 18.1 Å². The Kier molecular flexibility index (Phi) is 4.14. The molecule has 1 aliphatic rings. The number of fused-ring (bicyclic) bond motifs is 1. The van der Waals surface area contributed by atoms with Gasteiger partial charge in [0.05, 0.1) is 25.1 Å². The Hall–Kier alpha value is -2.26. The number of imidazole rings is 1. The molecule has 124 valence electrons. The van der Waals surface area contributed by atoms with Crippen molar-refractivity contribution in [3.8, 4) is 0 Å². The summed E-state index contributed by atoms with van der Waals surface area (Å²) in [4.78, 5) is 25.5. The molecular formula is C14H20N6O3. The first-order valence-electron chi connectivity index (χ1n) is 7.42. The van der Waals surface area contributed by atoms with Gasteiger partial charge in [0.25, 0.3) is 0 Å². The highest BCUT2D eigenvalue weighted by Gasteiger charge is 2.38. The maximum absolute atomic E-state index is 11.7. The number of carbonyl (C=O) groups is 1. The average Bonchev–Trinajstić information content (AvgIpc) is 3.09. The van der Waals surface area contributed by atoms with Crippen LogP contribution in [0.15, 0.2) is 12.7 Å². The zero-order valence-corrected chi connectivity index (χ0v) is 13.1. The largest absolute Gasteiger partial charge is 0.388 e. The van der Waals surface area contributed by atoms with E-state index in [1.54, 1.807) is 25.0 Å². The minimum atomic E-state index is -0.737. The zero-order valence-electron chi connectivity index (χ0n) is 13.1. The van der Waals surface area contributed by atoms with Gasteiger partial charge in [0.2, 0.25) is 5.91 Å². The van der Waals surface area contributed by atoms with Gasteiger partial charge in [-0.3, -0.25) is 4.79 Å². The Bertz CT molecular complexity index is 716. The molecule has 1 amide bonds. The van der Waals surface area contributed by atoms with Gasteiger partial charge in [0, 0.05) is 20.5 Å². The van der Waals surface area contributed by atoms with E-state index in [1.165, 1.54) is 11.2 Å². The highest BCUT2D eigenvalue weighted by atomic mass is 16.5. The van der Waals surface area contributed by atoms with Crippen LogP contribution in [0.1, 0.15) is 18.9 Å². The summed E-state index contributed by atoms with van der Waals surface area (Å²) < 4.78 is 7.42. The summed E-state index contributed by atoms with van der Waals surface area (Å²) in [7, 11) is 3.41. The van der Waals surface area contributed by atoms with Crippen LogP contribution in [0.2, 0.25) is 0 Å². The van der Waals surface area contributed by atoms with Crippen molar-refractivity contribution in [1.82, 2.24) is 24.4 Å². The van der Waals surface area contributed by atoms with Crippen molar-refractivity contribution in [2.75, 3.05) is 26.4 Å². The van der Waals surface area contributed by atoms with Crippen LogP contribution < -0.4 is 5.73 Å². The minimum Gasteiger partial charge on any atom is -0.388 e. The molecule has 1 saturated heterocycles. The van der Waals surface area contributed by atoms with E-state index in [0.29, 0.717) is 36.4 Å². The van der Waals surface area contributed by atoms with Crippen LogP contribution in [0.3, 0.4) is 0 Å². The van der Waals surface area contributed by atoms with Gasteiger partial charge in [-0.2, -0.15) is 0 Å². The highest BCUT2D eigenvalue weighted by molar-refractivity contribution is 5.81. The molecule has 2 aromatic rings. The van der Waals surface area contributed by atoms with Crippen LogP contribution in [-0.2, 0) is 9.53 Å². The van der Waals surface area contributed by atoms with Crippen LogP contribution in [0.25, 0.3) is 11.2 Å². The predicted octanol–water partition coefficient (Wildman–Crippen LogP) is -0.422. The van der Waals surface area contributed by atoms with Crippen molar-refractivity contribution < 1.29 is 14.6 Å². The van der Waals surface area contributed by atoms with Gasteiger partial charge >= 0.3 is 0 Å². The lowest BCUT2D eigenvalue weighted by Crippen LogP contribution is -2.30. The smallest absolute Gasteiger partial charge is 0.222 e. The van der Waals surface area contributed by atoms with E-state index >= 15 is 0 Å². The fourth-order valence-electron chi connectivity index (χ4n) is 2.77. The number of hydrogen-bond donors (Lipinski definition) is 2. The monoisotopic (exact) mass is 320 g/mol. The molecule has 0 saturated carbocycles. The van der Waals surface area contributed by atoms with Gasteiger partial charge in [-0.05, 0) is 6.42 Å². The molecule has 23 heavy (non-hydrogen) atoms.